The Bertz CT molecular complexity index is 588. The number of esters is 1. The van der Waals surface area contributed by atoms with E-state index < -0.39 is 0 Å². The zero-order valence-electron chi connectivity index (χ0n) is 12.1. The van der Waals surface area contributed by atoms with Crippen LogP contribution in [0.25, 0.3) is 0 Å². The molecule has 0 saturated heterocycles. The van der Waals surface area contributed by atoms with Crippen molar-refractivity contribution in [2.24, 2.45) is 0 Å². The van der Waals surface area contributed by atoms with Gasteiger partial charge in [0.05, 0.1) is 18.7 Å². The van der Waals surface area contributed by atoms with E-state index in [0.717, 1.165) is 15.6 Å². The second-order valence-corrected chi connectivity index (χ2v) is 5.87. The molecule has 0 unspecified atom stereocenters. The van der Waals surface area contributed by atoms with Crippen molar-refractivity contribution in [1.82, 2.24) is 4.98 Å². The first kappa shape index (κ1) is 15.3. The number of carbonyl (C=O) groups excluding carboxylic acids is 1. The number of hydrogen-bond donors (Lipinski definition) is 1. The molecule has 0 aliphatic rings. The summed E-state index contributed by atoms with van der Waals surface area (Å²) in [5, 5.41) is 0.817. The molecule has 0 saturated carbocycles. The zero-order chi connectivity index (χ0) is 15.2. The van der Waals surface area contributed by atoms with E-state index in [1.165, 1.54) is 0 Å². The highest BCUT2D eigenvalue weighted by atomic mass is 32.1. The van der Waals surface area contributed by atoms with Gasteiger partial charge in [-0.25, -0.2) is 4.98 Å². The molecule has 6 heteroatoms. The molecule has 1 aromatic carbocycles. The highest BCUT2D eigenvalue weighted by Crippen LogP contribution is 2.17. The van der Waals surface area contributed by atoms with Gasteiger partial charge in [-0.15, -0.1) is 11.3 Å². The van der Waals surface area contributed by atoms with Crippen LogP contribution in [0.15, 0.2) is 24.3 Å². The fourth-order valence-corrected chi connectivity index (χ4v) is 2.48. The van der Waals surface area contributed by atoms with Crippen LogP contribution in [0.2, 0.25) is 0 Å². The first-order valence-electron chi connectivity index (χ1n) is 6.61. The van der Waals surface area contributed by atoms with Gasteiger partial charge in [0, 0.05) is 10.6 Å². The maximum Gasteiger partial charge on any atom is 0.309 e. The van der Waals surface area contributed by atoms with Crippen LogP contribution in [0.5, 0.6) is 5.75 Å². The van der Waals surface area contributed by atoms with Crippen LogP contribution < -0.4 is 10.5 Å². The van der Waals surface area contributed by atoms with Crippen molar-refractivity contribution in [3.05, 3.63) is 39.8 Å². The molecular weight excluding hydrogens is 288 g/mol. The van der Waals surface area contributed by atoms with Gasteiger partial charge in [0.1, 0.15) is 17.4 Å². The lowest BCUT2D eigenvalue weighted by Gasteiger charge is -2.06. The second kappa shape index (κ2) is 7.08. The van der Waals surface area contributed by atoms with Crippen LogP contribution in [0.1, 0.15) is 22.0 Å². The Labute approximate surface area is 127 Å². The van der Waals surface area contributed by atoms with Gasteiger partial charge in [0.2, 0.25) is 0 Å². The largest absolute Gasteiger partial charge is 0.493 e. The van der Waals surface area contributed by atoms with Crippen molar-refractivity contribution < 1.29 is 14.3 Å². The number of aryl methyl sites for hydroxylation is 2. The number of thiazole rings is 1. The van der Waals surface area contributed by atoms with Gasteiger partial charge in [-0.05, 0) is 38.1 Å². The molecule has 2 N–H and O–H groups in total. The third-order valence-corrected chi connectivity index (χ3v) is 3.93. The standard InChI is InChI=1S/C15H18N2O3S/c1-10-11(2)21-14(17-10)9-20-15(18)7-8-19-13-5-3-12(16)4-6-13/h3-6H,7-9,16H2,1-2H3. The predicted molar refractivity (Wildman–Crippen MR) is 82.4 cm³/mol. The van der Waals surface area contributed by atoms with E-state index in [0.29, 0.717) is 11.4 Å². The molecule has 1 aromatic heterocycles. The summed E-state index contributed by atoms with van der Waals surface area (Å²) in [6.07, 6.45) is 0.202. The first-order chi connectivity index (χ1) is 10.0. The summed E-state index contributed by atoms with van der Waals surface area (Å²) < 4.78 is 10.6. The molecule has 0 aliphatic heterocycles. The fourth-order valence-electron chi connectivity index (χ4n) is 1.63. The molecule has 1 heterocycles. The molecule has 112 valence electrons. The summed E-state index contributed by atoms with van der Waals surface area (Å²) in [4.78, 5) is 17.1. The molecule has 0 amide bonds. The molecule has 0 bridgehead atoms. The number of hydrogen-bond acceptors (Lipinski definition) is 6. The third-order valence-electron chi connectivity index (χ3n) is 2.88. The number of nitrogens with two attached hydrogens (primary N) is 1. The summed E-state index contributed by atoms with van der Waals surface area (Å²) in [6, 6.07) is 7.03. The smallest absolute Gasteiger partial charge is 0.309 e. The molecule has 0 atom stereocenters. The summed E-state index contributed by atoms with van der Waals surface area (Å²) in [5.41, 5.74) is 7.24. The Balaban J connectivity index is 1.69. The van der Waals surface area contributed by atoms with Gasteiger partial charge in [-0.3, -0.25) is 4.79 Å². The molecule has 21 heavy (non-hydrogen) atoms. The quantitative estimate of drug-likeness (QED) is 0.656. The monoisotopic (exact) mass is 306 g/mol. The summed E-state index contributed by atoms with van der Waals surface area (Å²) in [6.45, 7) is 4.44. The Morgan fingerprint density at radius 3 is 2.62 bits per heavy atom. The van der Waals surface area contributed by atoms with E-state index in [1.807, 2.05) is 13.8 Å². The number of ether oxygens (including phenoxy) is 2. The lowest BCUT2D eigenvalue weighted by molar-refractivity contribution is -0.145. The van der Waals surface area contributed by atoms with Gasteiger partial charge >= 0.3 is 5.97 Å². The fraction of sp³-hybridized carbons (Fsp3) is 0.333. The van der Waals surface area contributed by atoms with E-state index in [9.17, 15) is 4.79 Å². The lowest BCUT2D eigenvalue weighted by Crippen LogP contribution is -2.09. The van der Waals surface area contributed by atoms with Crippen molar-refractivity contribution >= 4 is 23.0 Å². The molecule has 0 aliphatic carbocycles. The minimum atomic E-state index is -0.295. The molecule has 5 nitrogen and oxygen atoms in total. The van der Waals surface area contributed by atoms with Crippen LogP contribution in [-0.4, -0.2) is 17.6 Å². The normalized spacial score (nSPS) is 10.4. The van der Waals surface area contributed by atoms with Gasteiger partial charge in [0.15, 0.2) is 0 Å². The molecule has 2 aromatic rings. The summed E-state index contributed by atoms with van der Waals surface area (Å²) >= 11 is 1.55. The summed E-state index contributed by atoms with van der Waals surface area (Å²) in [5.74, 6) is 0.388. The Morgan fingerprint density at radius 2 is 2.00 bits per heavy atom. The Morgan fingerprint density at radius 1 is 1.29 bits per heavy atom. The van der Waals surface area contributed by atoms with E-state index in [2.05, 4.69) is 4.98 Å². The van der Waals surface area contributed by atoms with Gasteiger partial charge < -0.3 is 15.2 Å². The van der Waals surface area contributed by atoms with Crippen LogP contribution >= 0.6 is 11.3 Å². The highest BCUT2D eigenvalue weighted by Gasteiger charge is 2.08. The highest BCUT2D eigenvalue weighted by molar-refractivity contribution is 7.11. The van der Waals surface area contributed by atoms with Crippen LogP contribution in [-0.2, 0) is 16.1 Å². The Hall–Kier alpha value is -2.08. The van der Waals surface area contributed by atoms with Crippen molar-refractivity contribution in [1.29, 1.82) is 0 Å². The van der Waals surface area contributed by atoms with E-state index in [-0.39, 0.29) is 25.6 Å². The summed E-state index contributed by atoms with van der Waals surface area (Å²) in [7, 11) is 0. The third kappa shape index (κ3) is 4.75. The van der Waals surface area contributed by atoms with Gasteiger partial charge in [-0.1, -0.05) is 0 Å². The van der Waals surface area contributed by atoms with Crippen LogP contribution in [0.3, 0.4) is 0 Å². The minimum Gasteiger partial charge on any atom is -0.493 e. The van der Waals surface area contributed by atoms with E-state index >= 15 is 0 Å². The second-order valence-electron chi connectivity index (χ2n) is 4.58. The zero-order valence-corrected chi connectivity index (χ0v) is 12.9. The van der Waals surface area contributed by atoms with Crippen molar-refractivity contribution in [3.63, 3.8) is 0 Å². The lowest BCUT2D eigenvalue weighted by atomic mass is 10.3. The SMILES string of the molecule is Cc1nc(COC(=O)CCOc2ccc(N)cc2)sc1C. The minimum absolute atomic E-state index is 0.202. The number of anilines is 1. The molecular formula is C15H18N2O3S. The van der Waals surface area contributed by atoms with Crippen molar-refractivity contribution in [2.75, 3.05) is 12.3 Å². The maximum atomic E-state index is 11.6. The number of rotatable bonds is 6. The van der Waals surface area contributed by atoms with Crippen LogP contribution in [0.4, 0.5) is 5.69 Å². The van der Waals surface area contributed by atoms with E-state index in [1.54, 1.807) is 35.6 Å². The number of benzene rings is 1. The van der Waals surface area contributed by atoms with Gasteiger partial charge in [-0.2, -0.15) is 0 Å². The topological polar surface area (TPSA) is 74.4 Å². The number of nitrogen functional groups attached to an aromatic ring is 1. The predicted octanol–water partition coefficient (Wildman–Crippen LogP) is 2.85. The maximum absolute atomic E-state index is 11.6. The number of carbonyl (C=O) groups is 1. The molecule has 0 radical (unpaired) electrons. The van der Waals surface area contributed by atoms with E-state index in [4.69, 9.17) is 15.2 Å². The Kier molecular flexibility index (Phi) is 5.16. The van der Waals surface area contributed by atoms with Crippen molar-refractivity contribution in [2.45, 2.75) is 26.9 Å². The van der Waals surface area contributed by atoms with Crippen LogP contribution in [0, 0.1) is 13.8 Å². The number of nitrogens with zero attached hydrogens (tertiary/aromatic N) is 1. The van der Waals surface area contributed by atoms with Crippen molar-refractivity contribution in [3.8, 4) is 5.75 Å². The average Bonchev–Trinajstić information content (AvgIpc) is 2.78. The first-order valence-corrected chi connectivity index (χ1v) is 7.43. The number of aromatic nitrogens is 1. The molecule has 0 fully saturated rings. The molecule has 0 spiro atoms. The average molecular weight is 306 g/mol. The van der Waals surface area contributed by atoms with Gasteiger partial charge in [0.25, 0.3) is 0 Å². The molecule has 2 rings (SSSR count).